The molecule has 0 spiro atoms. The van der Waals surface area contributed by atoms with E-state index in [9.17, 15) is 14.4 Å². The van der Waals surface area contributed by atoms with E-state index in [0.717, 1.165) is 37.7 Å². The Bertz CT molecular complexity index is 746. The molecule has 2 amide bonds. The van der Waals surface area contributed by atoms with Crippen LogP contribution in [-0.2, 0) is 20.8 Å². The van der Waals surface area contributed by atoms with Crippen molar-refractivity contribution in [3.05, 3.63) is 35.9 Å². The number of carbonyl (C=O) groups is 3. The second-order valence-corrected chi connectivity index (χ2v) is 8.27. The highest BCUT2D eigenvalue weighted by Crippen LogP contribution is 2.47. The average Bonchev–Trinajstić information content (AvgIpc) is 3.21. The molecule has 0 bridgehead atoms. The van der Waals surface area contributed by atoms with Crippen molar-refractivity contribution in [3.8, 4) is 0 Å². The summed E-state index contributed by atoms with van der Waals surface area (Å²) >= 11 is 0. The zero-order valence-corrected chi connectivity index (χ0v) is 15.4. The molecule has 3 fully saturated rings. The van der Waals surface area contributed by atoms with Gasteiger partial charge in [-0.1, -0.05) is 36.8 Å². The Hall–Kier alpha value is -2.21. The van der Waals surface area contributed by atoms with Crippen molar-refractivity contribution < 1.29 is 14.4 Å². The standard InChI is InChI=1S/C21H27N3O3/c22-20(27)21(16-8-4-7-14(16)12-23-21)17(11-13-5-2-1-3-6-13)18(25)19(26)24-15-9-10-15/h1-3,5-6,14-17,23H,4,7-12H2,(H2,22,27)(H,24,26)/t14?,16?,17-,21?/m1/s1. The lowest BCUT2D eigenvalue weighted by molar-refractivity contribution is -0.145. The number of fused-ring (bicyclic) bond motifs is 1. The number of Topliss-reactive ketones (excluding diaryl/α,β-unsaturated/α-hetero) is 1. The molecule has 1 saturated heterocycles. The monoisotopic (exact) mass is 369 g/mol. The predicted octanol–water partition coefficient (Wildman–Crippen LogP) is 0.937. The summed E-state index contributed by atoms with van der Waals surface area (Å²) in [5.41, 5.74) is 5.70. The highest BCUT2D eigenvalue weighted by atomic mass is 16.2. The van der Waals surface area contributed by atoms with Crippen molar-refractivity contribution in [3.63, 3.8) is 0 Å². The lowest BCUT2D eigenvalue weighted by Crippen LogP contribution is -2.64. The fraction of sp³-hybridized carbons (Fsp3) is 0.571. The Balaban J connectivity index is 1.69. The molecule has 6 nitrogen and oxygen atoms in total. The summed E-state index contributed by atoms with van der Waals surface area (Å²) in [4.78, 5) is 38.6. The SMILES string of the molecule is NC(=O)C1([C@H](Cc2ccccc2)C(=O)C(=O)NC2CC2)NCC2CCCC21. The quantitative estimate of drug-likeness (QED) is 0.623. The van der Waals surface area contributed by atoms with Crippen LogP contribution in [0, 0.1) is 17.8 Å². The van der Waals surface area contributed by atoms with Gasteiger partial charge in [-0.05, 0) is 56.0 Å². The third-order valence-corrected chi connectivity index (χ3v) is 6.59. The maximum Gasteiger partial charge on any atom is 0.287 e. The van der Waals surface area contributed by atoms with Crippen LogP contribution in [0.2, 0.25) is 0 Å². The van der Waals surface area contributed by atoms with Crippen molar-refractivity contribution in [2.24, 2.45) is 23.5 Å². The van der Waals surface area contributed by atoms with E-state index in [1.165, 1.54) is 0 Å². The van der Waals surface area contributed by atoms with E-state index in [1.54, 1.807) is 0 Å². The van der Waals surface area contributed by atoms with E-state index in [-0.39, 0.29) is 12.0 Å². The number of nitrogens with two attached hydrogens (primary N) is 1. The third-order valence-electron chi connectivity index (χ3n) is 6.59. The predicted molar refractivity (Wildman–Crippen MR) is 101 cm³/mol. The molecule has 1 aromatic rings. The summed E-state index contributed by atoms with van der Waals surface area (Å²) in [7, 11) is 0. The largest absolute Gasteiger partial charge is 0.368 e. The van der Waals surface area contributed by atoms with Crippen molar-refractivity contribution >= 4 is 17.6 Å². The maximum absolute atomic E-state index is 13.2. The average molecular weight is 369 g/mol. The topological polar surface area (TPSA) is 101 Å². The van der Waals surface area contributed by atoms with E-state index in [2.05, 4.69) is 10.6 Å². The number of amides is 2. The van der Waals surface area contributed by atoms with Gasteiger partial charge in [0.25, 0.3) is 5.91 Å². The number of carbonyl (C=O) groups excluding carboxylic acids is 3. The van der Waals surface area contributed by atoms with Crippen LogP contribution in [0.1, 0.15) is 37.7 Å². The molecule has 1 aliphatic heterocycles. The highest BCUT2D eigenvalue weighted by molar-refractivity contribution is 6.38. The molecule has 2 saturated carbocycles. The van der Waals surface area contributed by atoms with E-state index < -0.39 is 29.1 Å². The molecule has 1 aromatic carbocycles. The van der Waals surface area contributed by atoms with E-state index in [1.807, 2.05) is 30.3 Å². The van der Waals surface area contributed by atoms with E-state index >= 15 is 0 Å². The molecule has 2 aliphatic carbocycles. The van der Waals surface area contributed by atoms with Gasteiger partial charge >= 0.3 is 0 Å². The maximum atomic E-state index is 13.2. The summed E-state index contributed by atoms with van der Waals surface area (Å²) < 4.78 is 0. The molecule has 4 rings (SSSR count). The number of hydrogen-bond donors (Lipinski definition) is 3. The van der Waals surface area contributed by atoms with Crippen LogP contribution in [0.5, 0.6) is 0 Å². The van der Waals surface area contributed by atoms with Crippen LogP contribution in [0.15, 0.2) is 30.3 Å². The fourth-order valence-electron chi connectivity index (χ4n) is 5.09. The van der Waals surface area contributed by atoms with Gasteiger partial charge in [-0.15, -0.1) is 0 Å². The van der Waals surface area contributed by atoms with Crippen molar-refractivity contribution in [1.29, 1.82) is 0 Å². The van der Waals surface area contributed by atoms with Gasteiger partial charge in [0, 0.05) is 6.04 Å². The van der Waals surface area contributed by atoms with Gasteiger partial charge in [0.2, 0.25) is 11.7 Å². The molecule has 27 heavy (non-hydrogen) atoms. The minimum atomic E-state index is -1.14. The normalized spacial score (nSPS) is 30.5. The summed E-state index contributed by atoms with van der Waals surface area (Å²) in [6.07, 6.45) is 5.08. The van der Waals surface area contributed by atoms with Crippen LogP contribution in [0.3, 0.4) is 0 Å². The van der Waals surface area contributed by atoms with Crippen molar-refractivity contribution in [1.82, 2.24) is 10.6 Å². The first-order valence-corrected chi connectivity index (χ1v) is 9.96. The molecule has 0 radical (unpaired) electrons. The highest BCUT2D eigenvalue weighted by Gasteiger charge is 2.60. The van der Waals surface area contributed by atoms with Gasteiger partial charge in [-0.3, -0.25) is 14.4 Å². The van der Waals surface area contributed by atoms with Crippen LogP contribution in [0.25, 0.3) is 0 Å². The number of benzene rings is 1. The van der Waals surface area contributed by atoms with E-state index in [4.69, 9.17) is 5.73 Å². The molecule has 4 N–H and O–H groups in total. The first-order chi connectivity index (χ1) is 13.0. The van der Waals surface area contributed by atoms with Gasteiger partial charge in [-0.2, -0.15) is 0 Å². The van der Waals surface area contributed by atoms with Crippen LogP contribution >= 0.6 is 0 Å². The van der Waals surface area contributed by atoms with Crippen LogP contribution in [0.4, 0.5) is 0 Å². The van der Waals surface area contributed by atoms with Crippen LogP contribution in [-0.4, -0.2) is 35.7 Å². The first kappa shape index (κ1) is 18.2. The molecule has 1 heterocycles. The molecule has 3 unspecified atom stereocenters. The molecular formula is C21H27N3O3. The lowest BCUT2D eigenvalue weighted by atomic mass is 9.68. The van der Waals surface area contributed by atoms with E-state index in [0.29, 0.717) is 18.9 Å². The molecule has 144 valence electrons. The summed E-state index contributed by atoms with van der Waals surface area (Å²) in [6, 6.07) is 9.66. The fourth-order valence-corrected chi connectivity index (χ4v) is 5.09. The Kier molecular flexibility index (Phi) is 4.76. The Morgan fingerprint density at radius 3 is 2.56 bits per heavy atom. The molecule has 0 aromatic heterocycles. The summed E-state index contributed by atoms with van der Waals surface area (Å²) in [5, 5.41) is 6.11. The summed E-state index contributed by atoms with van der Waals surface area (Å²) in [5.74, 6) is -2.04. The Morgan fingerprint density at radius 2 is 1.89 bits per heavy atom. The third kappa shape index (κ3) is 3.27. The number of ketones is 1. The summed E-state index contributed by atoms with van der Waals surface area (Å²) in [6.45, 7) is 0.677. The minimum absolute atomic E-state index is 0.0152. The second kappa shape index (κ2) is 7.08. The van der Waals surface area contributed by atoms with Gasteiger partial charge in [0.1, 0.15) is 5.54 Å². The van der Waals surface area contributed by atoms with Gasteiger partial charge < -0.3 is 16.4 Å². The van der Waals surface area contributed by atoms with Gasteiger partial charge in [0.05, 0.1) is 5.92 Å². The minimum Gasteiger partial charge on any atom is -0.368 e. The van der Waals surface area contributed by atoms with Crippen LogP contribution < -0.4 is 16.4 Å². The Morgan fingerprint density at radius 1 is 1.15 bits per heavy atom. The van der Waals surface area contributed by atoms with Crippen molar-refractivity contribution in [2.75, 3.05) is 6.54 Å². The number of primary amides is 1. The number of hydrogen-bond acceptors (Lipinski definition) is 4. The Labute approximate surface area is 159 Å². The molecule has 6 heteroatoms. The van der Waals surface area contributed by atoms with Gasteiger partial charge in [-0.25, -0.2) is 0 Å². The zero-order chi connectivity index (χ0) is 19.0. The van der Waals surface area contributed by atoms with Gasteiger partial charge in [0.15, 0.2) is 0 Å². The lowest BCUT2D eigenvalue weighted by Gasteiger charge is -2.38. The van der Waals surface area contributed by atoms with Crippen molar-refractivity contribution in [2.45, 2.75) is 50.1 Å². The smallest absolute Gasteiger partial charge is 0.287 e. The second-order valence-electron chi connectivity index (χ2n) is 8.27. The first-order valence-electron chi connectivity index (χ1n) is 9.96. The molecular weight excluding hydrogens is 342 g/mol. The number of rotatable bonds is 7. The molecule has 3 aliphatic rings. The molecule has 4 atom stereocenters. The zero-order valence-electron chi connectivity index (χ0n) is 15.4. The number of nitrogens with one attached hydrogen (secondary N) is 2.